The highest BCUT2D eigenvalue weighted by Crippen LogP contribution is 2.28. The molecule has 0 spiro atoms. The molecular weight excluding hydrogens is 430 g/mol. The van der Waals surface area contributed by atoms with Gasteiger partial charge in [0.25, 0.3) is 5.91 Å². The van der Waals surface area contributed by atoms with Gasteiger partial charge in [-0.3, -0.25) is 4.79 Å². The molecule has 0 atom stereocenters. The lowest BCUT2D eigenvalue weighted by atomic mass is 10.0. The monoisotopic (exact) mass is 457 g/mol. The number of nitrogens with one attached hydrogen (secondary N) is 2. The molecule has 170 valence electrons. The fourth-order valence-corrected chi connectivity index (χ4v) is 3.90. The number of amides is 1. The van der Waals surface area contributed by atoms with E-state index < -0.39 is 15.4 Å². The molecule has 0 saturated heterocycles. The van der Waals surface area contributed by atoms with Crippen molar-refractivity contribution in [2.75, 3.05) is 18.1 Å². The fourth-order valence-electron chi connectivity index (χ4n) is 3.33. The molecule has 2 aromatic heterocycles. The third-order valence-electron chi connectivity index (χ3n) is 5.22. The van der Waals surface area contributed by atoms with E-state index in [9.17, 15) is 18.3 Å². The van der Waals surface area contributed by atoms with Crippen LogP contribution in [0.1, 0.15) is 42.6 Å². The number of fused-ring (bicyclic) bond motifs is 1. The molecule has 1 aliphatic rings. The van der Waals surface area contributed by atoms with Gasteiger partial charge >= 0.3 is 0 Å². The number of carbonyl (C=O) groups is 1. The highest BCUT2D eigenvalue weighted by atomic mass is 32.2. The van der Waals surface area contributed by atoms with Gasteiger partial charge in [-0.25, -0.2) is 17.9 Å². The van der Waals surface area contributed by atoms with Gasteiger partial charge in [0.2, 0.25) is 0 Å². The van der Waals surface area contributed by atoms with Crippen molar-refractivity contribution < 1.29 is 18.3 Å². The molecule has 0 unspecified atom stereocenters. The number of benzene rings is 1. The number of aryl methyl sites for hydroxylation is 1. The van der Waals surface area contributed by atoms with Crippen molar-refractivity contribution in [1.29, 1.82) is 0 Å². The standard InChI is InChI=1S/C22H27N5O4S/c1-13-9-14(5-8-16(13)21(28)25-15-6-7-15)18-11-23-20-17(24-12-22(2,3)29)10-19(26-27(18)20)32(4,30)31/h5,8-11,15,24,29H,6-7,12H2,1-4H3,(H,25,28). The second-order valence-electron chi connectivity index (χ2n) is 8.99. The van der Waals surface area contributed by atoms with Crippen LogP contribution in [0, 0.1) is 6.92 Å². The Hall–Kier alpha value is -2.98. The van der Waals surface area contributed by atoms with Crippen molar-refractivity contribution in [1.82, 2.24) is 19.9 Å². The number of aromatic nitrogens is 3. The maximum atomic E-state index is 12.4. The molecule has 1 aliphatic carbocycles. The summed E-state index contributed by atoms with van der Waals surface area (Å²) in [4.78, 5) is 16.9. The predicted molar refractivity (Wildman–Crippen MR) is 122 cm³/mol. The van der Waals surface area contributed by atoms with Gasteiger partial charge in [-0.2, -0.15) is 5.10 Å². The number of hydrogen-bond donors (Lipinski definition) is 3. The molecule has 1 aromatic carbocycles. The molecular formula is C22H27N5O4S. The van der Waals surface area contributed by atoms with Crippen LogP contribution in [-0.4, -0.2) is 58.5 Å². The van der Waals surface area contributed by atoms with E-state index in [2.05, 4.69) is 20.7 Å². The molecule has 1 amide bonds. The van der Waals surface area contributed by atoms with E-state index in [0.717, 1.165) is 30.2 Å². The lowest BCUT2D eigenvalue weighted by molar-refractivity contribution is 0.0940. The number of rotatable bonds is 7. The Morgan fingerprint density at radius 2 is 2.00 bits per heavy atom. The summed E-state index contributed by atoms with van der Waals surface area (Å²) in [5.41, 5.74) is 2.63. The number of carbonyl (C=O) groups excluding carboxylic acids is 1. The number of sulfone groups is 1. The van der Waals surface area contributed by atoms with E-state index in [1.54, 1.807) is 32.2 Å². The van der Waals surface area contributed by atoms with E-state index in [1.807, 2.05) is 13.0 Å². The first-order valence-corrected chi connectivity index (χ1v) is 12.3. The molecule has 9 nitrogen and oxygen atoms in total. The average Bonchev–Trinajstić information content (AvgIpc) is 3.39. The second-order valence-corrected chi connectivity index (χ2v) is 11.0. The Bertz CT molecular complexity index is 1300. The SMILES string of the molecule is Cc1cc(-c2cnc3c(NCC(C)(C)O)cc(S(C)(=O)=O)nn23)ccc1C(=O)NC1CC1. The number of aliphatic hydroxyl groups is 1. The van der Waals surface area contributed by atoms with Gasteiger partial charge in [-0.1, -0.05) is 6.07 Å². The summed E-state index contributed by atoms with van der Waals surface area (Å²) in [6, 6.07) is 7.12. The Morgan fingerprint density at radius 1 is 1.28 bits per heavy atom. The number of anilines is 1. The lowest BCUT2D eigenvalue weighted by Crippen LogP contribution is -2.29. The highest BCUT2D eigenvalue weighted by Gasteiger charge is 2.25. The minimum atomic E-state index is -3.59. The van der Waals surface area contributed by atoms with Crippen molar-refractivity contribution in [3.8, 4) is 11.3 Å². The Kier molecular flexibility index (Phi) is 5.46. The van der Waals surface area contributed by atoms with Crippen LogP contribution in [0.15, 0.2) is 35.5 Å². The third-order valence-corrected chi connectivity index (χ3v) is 6.18. The number of imidazole rings is 1. The van der Waals surface area contributed by atoms with Crippen molar-refractivity contribution in [2.45, 2.75) is 50.3 Å². The maximum Gasteiger partial charge on any atom is 0.251 e. The van der Waals surface area contributed by atoms with Crippen LogP contribution in [-0.2, 0) is 9.84 Å². The zero-order chi connectivity index (χ0) is 23.3. The molecule has 1 fully saturated rings. The largest absolute Gasteiger partial charge is 0.389 e. The summed E-state index contributed by atoms with van der Waals surface area (Å²) in [5.74, 6) is -0.0923. The van der Waals surface area contributed by atoms with Crippen LogP contribution in [0.4, 0.5) is 5.69 Å². The molecule has 0 bridgehead atoms. The van der Waals surface area contributed by atoms with Gasteiger partial charge in [0.15, 0.2) is 20.5 Å². The Labute approximate surface area is 186 Å². The molecule has 4 rings (SSSR count). The fraction of sp³-hybridized carbons (Fsp3) is 0.409. The summed E-state index contributed by atoms with van der Waals surface area (Å²) >= 11 is 0. The van der Waals surface area contributed by atoms with E-state index in [1.165, 1.54) is 10.6 Å². The topological polar surface area (TPSA) is 126 Å². The maximum absolute atomic E-state index is 12.4. The van der Waals surface area contributed by atoms with Crippen molar-refractivity contribution >= 4 is 27.1 Å². The first-order chi connectivity index (χ1) is 14.9. The Balaban J connectivity index is 1.77. The van der Waals surface area contributed by atoms with Crippen molar-refractivity contribution in [2.24, 2.45) is 0 Å². The van der Waals surface area contributed by atoms with Crippen LogP contribution < -0.4 is 10.6 Å². The van der Waals surface area contributed by atoms with E-state index in [-0.39, 0.29) is 23.5 Å². The molecule has 32 heavy (non-hydrogen) atoms. The molecule has 1 saturated carbocycles. The molecule has 0 aliphatic heterocycles. The minimum Gasteiger partial charge on any atom is -0.389 e. The number of nitrogens with zero attached hydrogens (tertiary/aromatic N) is 3. The van der Waals surface area contributed by atoms with Crippen molar-refractivity contribution in [3.63, 3.8) is 0 Å². The van der Waals surface area contributed by atoms with E-state index >= 15 is 0 Å². The summed E-state index contributed by atoms with van der Waals surface area (Å²) in [6.45, 7) is 5.36. The van der Waals surface area contributed by atoms with Crippen LogP contribution in [0.25, 0.3) is 16.9 Å². The molecule has 2 heterocycles. The third kappa shape index (κ3) is 4.76. The van der Waals surface area contributed by atoms with E-state index in [0.29, 0.717) is 22.6 Å². The smallest absolute Gasteiger partial charge is 0.251 e. The van der Waals surface area contributed by atoms with Crippen LogP contribution >= 0.6 is 0 Å². The Morgan fingerprint density at radius 3 is 2.59 bits per heavy atom. The average molecular weight is 458 g/mol. The first kappa shape index (κ1) is 22.2. The highest BCUT2D eigenvalue weighted by molar-refractivity contribution is 7.90. The van der Waals surface area contributed by atoms with Gasteiger partial charge in [0.1, 0.15) is 0 Å². The first-order valence-electron chi connectivity index (χ1n) is 10.4. The zero-order valence-corrected chi connectivity index (χ0v) is 19.3. The molecule has 10 heteroatoms. The van der Waals surface area contributed by atoms with Gasteiger partial charge < -0.3 is 15.7 Å². The summed E-state index contributed by atoms with van der Waals surface area (Å²) in [7, 11) is -3.59. The van der Waals surface area contributed by atoms with Gasteiger partial charge in [-0.05, 0) is 51.3 Å². The lowest BCUT2D eigenvalue weighted by Gasteiger charge is -2.19. The van der Waals surface area contributed by atoms with E-state index in [4.69, 9.17) is 0 Å². The summed E-state index contributed by atoms with van der Waals surface area (Å²) in [6.07, 6.45) is 4.74. The molecule has 3 aromatic rings. The number of hydrogen-bond acceptors (Lipinski definition) is 7. The molecule has 3 N–H and O–H groups in total. The summed E-state index contributed by atoms with van der Waals surface area (Å²) in [5, 5.41) is 20.3. The summed E-state index contributed by atoms with van der Waals surface area (Å²) < 4.78 is 26.0. The van der Waals surface area contributed by atoms with Crippen molar-refractivity contribution in [3.05, 3.63) is 41.6 Å². The van der Waals surface area contributed by atoms with Gasteiger partial charge in [0, 0.05) is 36.0 Å². The van der Waals surface area contributed by atoms with Crippen LogP contribution in [0.3, 0.4) is 0 Å². The minimum absolute atomic E-state index is 0.0923. The normalized spacial score (nSPS) is 14.5. The van der Waals surface area contributed by atoms with Crippen LogP contribution in [0.2, 0.25) is 0 Å². The predicted octanol–water partition coefficient (Wildman–Crippen LogP) is 2.18. The quantitative estimate of drug-likeness (QED) is 0.496. The second kappa shape index (κ2) is 7.86. The van der Waals surface area contributed by atoms with Gasteiger partial charge in [0.05, 0.1) is 23.2 Å². The zero-order valence-electron chi connectivity index (χ0n) is 18.5. The van der Waals surface area contributed by atoms with Gasteiger partial charge in [-0.15, -0.1) is 0 Å². The van der Waals surface area contributed by atoms with Crippen LogP contribution in [0.5, 0.6) is 0 Å². The molecule has 0 radical (unpaired) electrons.